The summed E-state index contributed by atoms with van der Waals surface area (Å²) in [6.45, 7) is 4.84. The Morgan fingerprint density at radius 2 is 2.22 bits per heavy atom. The summed E-state index contributed by atoms with van der Waals surface area (Å²) in [6, 6.07) is 6.70. The molecule has 1 fully saturated rings. The molecule has 0 unspecified atom stereocenters. The van der Waals surface area contributed by atoms with Crippen molar-refractivity contribution in [2.24, 2.45) is 0 Å². The van der Waals surface area contributed by atoms with E-state index in [0.717, 1.165) is 31.7 Å². The number of hydrogen-bond donors (Lipinski definition) is 1. The van der Waals surface area contributed by atoms with Gasteiger partial charge in [0.2, 0.25) is 5.91 Å². The van der Waals surface area contributed by atoms with Gasteiger partial charge in [-0.3, -0.25) is 4.79 Å². The number of methoxy groups -OCH3 is 1. The van der Waals surface area contributed by atoms with Gasteiger partial charge < -0.3 is 19.7 Å². The number of rotatable bonds is 5. The molecule has 5 heteroatoms. The zero-order valence-corrected chi connectivity index (χ0v) is 14.0. The van der Waals surface area contributed by atoms with E-state index in [4.69, 9.17) is 9.47 Å². The Hall–Kier alpha value is -1.59. The van der Waals surface area contributed by atoms with Crippen LogP contribution in [0.2, 0.25) is 0 Å². The highest BCUT2D eigenvalue weighted by atomic mass is 16.5. The molecule has 1 N–H and O–H groups in total. The van der Waals surface area contributed by atoms with Crippen LogP contribution >= 0.6 is 0 Å². The summed E-state index contributed by atoms with van der Waals surface area (Å²) in [5, 5.41) is 3.62. The van der Waals surface area contributed by atoms with Crippen LogP contribution in [0.4, 0.5) is 0 Å². The first-order valence-electron chi connectivity index (χ1n) is 8.46. The Morgan fingerprint density at radius 3 is 2.96 bits per heavy atom. The summed E-state index contributed by atoms with van der Waals surface area (Å²) in [5.41, 5.74) is 2.62. The van der Waals surface area contributed by atoms with E-state index >= 15 is 0 Å². The molecule has 0 spiro atoms. The Bertz CT molecular complexity index is 555. The third-order valence-electron chi connectivity index (χ3n) is 4.78. The minimum Gasteiger partial charge on any atom is -0.496 e. The van der Waals surface area contributed by atoms with E-state index in [9.17, 15) is 4.79 Å². The van der Waals surface area contributed by atoms with E-state index in [1.165, 1.54) is 11.1 Å². The first-order chi connectivity index (χ1) is 11.2. The monoisotopic (exact) mass is 318 g/mol. The number of morpholine rings is 1. The predicted molar refractivity (Wildman–Crippen MR) is 88.7 cm³/mol. The highest BCUT2D eigenvalue weighted by Crippen LogP contribution is 2.37. The molecule has 1 aliphatic carbocycles. The van der Waals surface area contributed by atoms with Gasteiger partial charge >= 0.3 is 0 Å². The standard InChI is InChI=1S/C18H26N2O3/c1-13(12-18(21)20-8-10-23-11-9-20)19-16-7-6-15-14(16)4-3-5-17(15)22-2/h3-5,13,16,19H,6-12H2,1-2H3/t13-,16+/m1/s1. The van der Waals surface area contributed by atoms with Crippen molar-refractivity contribution in [3.8, 4) is 5.75 Å². The SMILES string of the molecule is COc1cccc2c1CC[C@@H]2N[C@H](C)CC(=O)N1CCOCC1. The lowest BCUT2D eigenvalue weighted by molar-refractivity contribution is -0.135. The fourth-order valence-corrected chi connectivity index (χ4v) is 3.59. The Kier molecular flexibility index (Phi) is 5.18. The van der Waals surface area contributed by atoms with Crippen LogP contribution in [0.1, 0.15) is 36.9 Å². The van der Waals surface area contributed by atoms with Crippen molar-refractivity contribution >= 4 is 5.91 Å². The number of carbonyl (C=O) groups excluding carboxylic acids is 1. The van der Waals surface area contributed by atoms with Gasteiger partial charge in [-0.15, -0.1) is 0 Å². The van der Waals surface area contributed by atoms with Crippen molar-refractivity contribution in [1.29, 1.82) is 0 Å². The van der Waals surface area contributed by atoms with Crippen molar-refractivity contribution in [1.82, 2.24) is 10.2 Å². The Morgan fingerprint density at radius 1 is 1.43 bits per heavy atom. The van der Waals surface area contributed by atoms with Gasteiger partial charge in [-0.05, 0) is 37.0 Å². The maximum Gasteiger partial charge on any atom is 0.224 e. The van der Waals surface area contributed by atoms with Crippen LogP contribution in [-0.4, -0.2) is 50.3 Å². The minimum absolute atomic E-state index is 0.160. The zero-order valence-electron chi connectivity index (χ0n) is 14.0. The molecule has 3 rings (SSSR count). The molecule has 0 saturated carbocycles. The van der Waals surface area contributed by atoms with Gasteiger partial charge in [-0.25, -0.2) is 0 Å². The summed E-state index contributed by atoms with van der Waals surface area (Å²) in [5.74, 6) is 1.20. The second kappa shape index (κ2) is 7.32. The van der Waals surface area contributed by atoms with Crippen LogP contribution in [0.15, 0.2) is 18.2 Å². The van der Waals surface area contributed by atoms with Crippen molar-refractivity contribution in [3.05, 3.63) is 29.3 Å². The van der Waals surface area contributed by atoms with Crippen LogP contribution < -0.4 is 10.1 Å². The molecular formula is C18H26N2O3. The van der Waals surface area contributed by atoms with Crippen molar-refractivity contribution in [3.63, 3.8) is 0 Å². The second-order valence-electron chi connectivity index (χ2n) is 6.38. The van der Waals surface area contributed by atoms with Crippen LogP contribution in [0, 0.1) is 0 Å². The topological polar surface area (TPSA) is 50.8 Å². The molecule has 1 aromatic rings. The van der Waals surface area contributed by atoms with Gasteiger partial charge in [0.05, 0.1) is 20.3 Å². The molecule has 5 nitrogen and oxygen atoms in total. The molecule has 1 aliphatic heterocycles. The molecule has 0 bridgehead atoms. The van der Waals surface area contributed by atoms with Crippen LogP contribution in [0.5, 0.6) is 5.75 Å². The lowest BCUT2D eigenvalue weighted by Crippen LogP contribution is -2.43. The smallest absolute Gasteiger partial charge is 0.224 e. The summed E-state index contributed by atoms with van der Waals surface area (Å²) < 4.78 is 10.8. The maximum absolute atomic E-state index is 12.3. The Balaban J connectivity index is 1.57. The molecule has 0 aromatic heterocycles. The number of nitrogens with zero attached hydrogens (tertiary/aromatic N) is 1. The van der Waals surface area contributed by atoms with Crippen LogP contribution in [-0.2, 0) is 16.0 Å². The normalized spacial score (nSPS) is 21.8. The third-order valence-corrected chi connectivity index (χ3v) is 4.78. The van der Waals surface area contributed by atoms with Gasteiger partial charge in [0, 0.05) is 31.6 Å². The minimum atomic E-state index is 0.160. The average Bonchev–Trinajstić information content (AvgIpc) is 2.98. The van der Waals surface area contributed by atoms with Gasteiger partial charge in [0.15, 0.2) is 0 Å². The van der Waals surface area contributed by atoms with E-state index < -0.39 is 0 Å². The summed E-state index contributed by atoms with van der Waals surface area (Å²) in [7, 11) is 1.72. The van der Waals surface area contributed by atoms with Gasteiger partial charge in [0.1, 0.15) is 5.75 Å². The lowest BCUT2D eigenvalue weighted by atomic mass is 10.1. The molecule has 0 radical (unpaired) electrons. The number of benzene rings is 1. The number of nitrogens with one attached hydrogen (secondary N) is 1. The fraction of sp³-hybridized carbons (Fsp3) is 0.611. The zero-order chi connectivity index (χ0) is 16.2. The molecule has 1 aromatic carbocycles. The van der Waals surface area contributed by atoms with Crippen molar-refractivity contribution in [2.45, 2.75) is 38.3 Å². The number of carbonyl (C=O) groups is 1. The number of amides is 1. The quantitative estimate of drug-likeness (QED) is 0.901. The molecule has 23 heavy (non-hydrogen) atoms. The van der Waals surface area contributed by atoms with E-state index in [0.29, 0.717) is 25.7 Å². The molecule has 1 heterocycles. The van der Waals surface area contributed by atoms with E-state index in [1.807, 2.05) is 17.0 Å². The first kappa shape index (κ1) is 16.3. The number of fused-ring (bicyclic) bond motifs is 1. The Labute approximate surface area is 137 Å². The highest BCUT2D eigenvalue weighted by molar-refractivity contribution is 5.76. The van der Waals surface area contributed by atoms with E-state index in [1.54, 1.807) is 7.11 Å². The molecule has 1 saturated heterocycles. The van der Waals surface area contributed by atoms with Gasteiger partial charge in [0.25, 0.3) is 0 Å². The largest absolute Gasteiger partial charge is 0.496 e. The number of ether oxygens (including phenoxy) is 2. The van der Waals surface area contributed by atoms with Crippen LogP contribution in [0.3, 0.4) is 0 Å². The molecule has 126 valence electrons. The third kappa shape index (κ3) is 3.67. The van der Waals surface area contributed by atoms with Gasteiger partial charge in [-0.1, -0.05) is 12.1 Å². The summed E-state index contributed by atoms with van der Waals surface area (Å²) in [4.78, 5) is 14.2. The van der Waals surface area contributed by atoms with E-state index in [-0.39, 0.29) is 11.9 Å². The second-order valence-corrected chi connectivity index (χ2v) is 6.38. The van der Waals surface area contributed by atoms with Crippen molar-refractivity contribution < 1.29 is 14.3 Å². The average molecular weight is 318 g/mol. The van der Waals surface area contributed by atoms with E-state index in [2.05, 4.69) is 18.3 Å². The predicted octanol–water partition coefficient (Wildman–Crippen LogP) is 1.91. The lowest BCUT2D eigenvalue weighted by Gasteiger charge is -2.29. The summed E-state index contributed by atoms with van der Waals surface area (Å²) >= 11 is 0. The van der Waals surface area contributed by atoms with Crippen LogP contribution in [0.25, 0.3) is 0 Å². The maximum atomic E-state index is 12.3. The number of hydrogen-bond acceptors (Lipinski definition) is 4. The van der Waals surface area contributed by atoms with Gasteiger partial charge in [-0.2, -0.15) is 0 Å². The fourth-order valence-electron chi connectivity index (χ4n) is 3.59. The molecular weight excluding hydrogens is 292 g/mol. The highest BCUT2D eigenvalue weighted by Gasteiger charge is 2.27. The molecule has 2 aliphatic rings. The van der Waals surface area contributed by atoms with Crippen molar-refractivity contribution in [2.75, 3.05) is 33.4 Å². The molecule has 1 amide bonds. The molecule has 2 atom stereocenters. The summed E-state index contributed by atoms with van der Waals surface area (Å²) in [6.07, 6.45) is 2.63. The first-order valence-corrected chi connectivity index (χ1v) is 8.46.